The summed E-state index contributed by atoms with van der Waals surface area (Å²) in [5.41, 5.74) is 0. The molecule has 0 unspecified atom stereocenters. The van der Waals surface area contributed by atoms with Crippen LogP contribution in [0, 0.1) is 0 Å². The Hall–Kier alpha value is -0.830. The minimum Gasteiger partial charge on any atom is -0.355 e. The van der Waals surface area contributed by atoms with Crippen LogP contribution >= 0.6 is 11.6 Å². The Bertz CT molecular complexity index is 295. The molecule has 0 atom stereocenters. The molecule has 1 fully saturated rings. The second-order valence-corrected chi connectivity index (χ2v) is 3.99. The molecule has 0 bridgehead atoms. The lowest BCUT2D eigenvalue weighted by Gasteiger charge is -2.20. The van der Waals surface area contributed by atoms with Crippen LogP contribution in [-0.4, -0.2) is 23.1 Å². The number of nitrogens with zero attached hydrogens (tertiary/aromatic N) is 3. The lowest BCUT2D eigenvalue weighted by molar-refractivity contribution is 0.726. The van der Waals surface area contributed by atoms with Crippen molar-refractivity contribution >= 4 is 17.4 Å². The van der Waals surface area contributed by atoms with Gasteiger partial charge >= 0.3 is 0 Å². The zero-order valence-electron chi connectivity index (χ0n) is 8.12. The van der Waals surface area contributed by atoms with Crippen molar-refractivity contribution < 1.29 is 0 Å². The van der Waals surface area contributed by atoms with E-state index in [2.05, 4.69) is 14.9 Å². The second-order valence-electron chi connectivity index (χ2n) is 3.60. The summed E-state index contributed by atoms with van der Waals surface area (Å²) in [7, 11) is 0. The smallest absolute Gasteiger partial charge is 0.149 e. The molecule has 76 valence electrons. The first kappa shape index (κ1) is 9.71. The summed E-state index contributed by atoms with van der Waals surface area (Å²) in [6.07, 6.45) is 8.50. The van der Waals surface area contributed by atoms with Gasteiger partial charge in [-0.1, -0.05) is 24.4 Å². The Morgan fingerprint density at radius 2 is 1.79 bits per heavy atom. The standard InChI is InChI=1S/C10H14ClN3/c11-9-7-12-8-10(13-9)14-5-3-1-2-4-6-14/h7-8H,1-6H2. The SMILES string of the molecule is Clc1cncc(N2CCCCCC2)n1. The van der Waals surface area contributed by atoms with Gasteiger partial charge in [-0.15, -0.1) is 0 Å². The zero-order chi connectivity index (χ0) is 9.80. The molecule has 0 amide bonds. The number of hydrogen-bond donors (Lipinski definition) is 0. The van der Waals surface area contributed by atoms with Crippen LogP contribution in [0.2, 0.25) is 5.15 Å². The summed E-state index contributed by atoms with van der Waals surface area (Å²) < 4.78 is 0. The molecule has 0 aromatic carbocycles. The fourth-order valence-electron chi connectivity index (χ4n) is 1.78. The average molecular weight is 212 g/mol. The molecule has 0 N–H and O–H groups in total. The normalized spacial score (nSPS) is 17.9. The fourth-order valence-corrected chi connectivity index (χ4v) is 1.93. The molecule has 0 saturated carbocycles. The van der Waals surface area contributed by atoms with Crippen molar-refractivity contribution in [2.75, 3.05) is 18.0 Å². The molecule has 3 nitrogen and oxygen atoms in total. The van der Waals surface area contributed by atoms with Crippen LogP contribution in [0.1, 0.15) is 25.7 Å². The third-order valence-corrected chi connectivity index (χ3v) is 2.70. The van der Waals surface area contributed by atoms with Crippen molar-refractivity contribution in [3.63, 3.8) is 0 Å². The monoisotopic (exact) mass is 211 g/mol. The molecule has 2 rings (SSSR count). The second kappa shape index (κ2) is 4.60. The Labute approximate surface area is 89.1 Å². The molecule has 2 heterocycles. The Balaban J connectivity index is 2.12. The molecular weight excluding hydrogens is 198 g/mol. The molecule has 1 aromatic heterocycles. The Kier molecular flexibility index (Phi) is 3.19. The fraction of sp³-hybridized carbons (Fsp3) is 0.600. The van der Waals surface area contributed by atoms with E-state index in [1.807, 2.05) is 0 Å². The molecule has 1 aromatic rings. The molecular formula is C10H14ClN3. The summed E-state index contributed by atoms with van der Waals surface area (Å²) in [4.78, 5) is 10.6. The van der Waals surface area contributed by atoms with E-state index in [-0.39, 0.29) is 0 Å². The quantitative estimate of drug-likeness (QED) is 0.715. The molecule has 0 spiro atoms. The summed E-state index contributed by atoms with van der Waals surface area (Å²) in [5, 5.41) is 0.478. The highest BCUT2D eigenvalue weighted by molar-refractivity contribution is 6.29. The van der Waals surface area contributed by atoms with Gasteiger partial charge < -0.3 is 4.90 Å². The van der Waals surface area contributed by atoms with Crippen molar-refractivity contribution in [3.05, 3.63) is 17.5 Å². The predicted octanol–water partition coefficient (Wildman–Crippen LogP) is 2.51. The summed E-state index contributed by atoms with van der Waals surface area (Å²) in [6.45, 7) is 2.16. The summed E-state index contributed by atoms with van der Waals surface area (Å²) in [5.74, 6) is 0.916. The van der Waals surface area contributed by atoms with Crippen LogP contribution in [0.4, 0.5) is 5.82 Å². The molecule has 4 heteroatoms. The van der Waals surface area contributed by atoms with E-state index in [4.69, 9.17) is 11.6 Å². The van der Waals surface area contributed by atoms with E-state index in [0.717, 1.165) is 18.9 Å². The molecule has 1 aliphatic rings. The number of rotatable bonds is 1. The van der Waals surface area contributed by atoms with Crippen molar-refractivity contribution in [3.8, 4) is 0 Å². The van der Waals surface area contributed by atoms with E-state index >= 15 is 0 Å². The zero-order valence-corrected chi connectivity index (χ0v) is 8.87. The third kappa shape index (κ3) is 2.35. The molecule has 0 radical (unpaired) electrons. The summed E-state index contributed by atoms with van der Waals surface area (Å²) in [6, 6.07) is 0. The van der Waals surface area contributed by atoms with Crippen molar-refractivity contribution in [1.29, 1.82) is 0 Å². The van der Waals surface area contributed by atoms with E-state index in [9.17, 15) is 0 Å². The van der Waals surface area contributed by atoms with Crippen LogP contribution in [-0.2, 0) is 0 Å². The van der Waals surface area contributed by atoms with Crippen LogP contribution < -0.4 is 4.90 Å². The van der Waals surface area contributed by atoms with Crippen LogP contribution in [0.3, 0.4) is 0 Å². The first-order valence-electron chi connectivity index (χ1n) is 5.09. The number of hydrogen-bond acceptors (Lipinski definition) is 3. The van der Waals surface area contributed by atoms with Crippen LogP contribution in [0.15, 0.2) is 12.4 Å². The van der Waals surface area contributed by atoms with Crippen LogP contribution in [0.25, 0.3) is 0 Å². The topological polar surface area (TPSA) is 29.0 Å². The maximum absolute atomic E-state index is 5.80. The van der Waals surface area contributed by atoms with Gasteiger partial charge in [0, 0.05) is 13.1 Å². The van der Waals surface area contributed by atoms with Gasteiger partial charge in [0.05, 0.1) is 12.4 Å². The van der Waals surface area contributed by atoms with Crippen molar-refractivity contribution in [1.82, 2.24) is 9.97 Å². The van der Waals surface area contributed by atoms with E-state index in [0.29, 0.717) is 5.15 Å². The van der Waals surface area contributed by atoms with E-state index in [1.165, 1.54) is 25.7 Å². The minimum atomic E-state index is 0.478. The van der Waals surface area contributed by atoms with E-state index in [1.54, 1.807) is 12.4 Å². The summed E-state index contributed by atoms with van der Waals surface area (Å²) >= 11 is 5.80. The van der Waals surface area contributed by atoms with Gasteiger partial charge in [-0.25, -0.2) is 4.98 Å². The average Bonchev–Trinajstić information content (AvgIpc) is 2.45. The lowest BCUT2D eigenvalue weighted by Crippen LogP contribution is -2.24. The van der Waals surface area contributed by atoms with Crippen molar-refractivity contribution in [2.45, 2.75) is 25.7 Å². The third-order valence-electron chi connectivity index (χ3n) is 2.52. The van der Waals surface area contributed by atoms with E-state index < -0.39 is 0 Å². The highest BCUT2D eigenvalue weighted by atomic mass is 35.5. The molecule has 1 saturated heterocycles. The molecule has 14 heavy (non-hydrogen) atoms. The maximum atomic E-state index is 5.80. The first-order chi connectivity index (χ1) is 6.86. The Morgan fingerprint density at radius 3 is 2.43 bits per heavy atom. The largest absolute Gasteiger partial charge is 0.355 e. The molecule has 1 aliphatic heterocycles. The van der Waals surface area contributed by atoms with Gasteiger partial charge in [-0.3, -0.25) is 4.98 Å². The minimum absolute atomic E-state index is 0.478. The van der Waals surface area contributed by atoms with Gasteiger partial charge in [-0.05, 0) is 12.8 Å². The number of anilines is 1. The first-order valence-corrected chi connectivity index (χ1v) is 5.46. The maximum Gasteiger partial charge on any atom is 0.149 e. The van der Waals surface area contributed by atoms with Crippen LogP contribution in [0.5, 0.6) is 0 Å². The van der Waals surface area contributed by atoms with Gasteiger partial charge in [-0.2, -0.15) is 0 Å². The Morgan fingerprint density at radius 1 is 1.07 bits per heavy atom. The highest BCUT2D eigenvalue weighted by Crippen LogP contribution is 2.17. The van der Waals surface area contributed by atoms with Crippen molar-refractivity contribution in [2.24, 2.45) is 0 Å². The highest BCUT2D eigenvalue weighted by Gasteiger charge is 2.11. The van der Waals surface area contributed by atoms with Gasteiger partial charge in [0.25, 0.3) is 0 Å². The van der Waals surface area contributed by atoms with Gasteiger partial charge in [0.15, 0.2) is 0 Å². The lowest BCUT2D eigenvalue weighted by atomic mass is 10.2. The number of halogens is 1. The number of aromatic nitrogens is 2. The van der Waals surface area contributed by atoms with Gasteiger partial charge in [0.2, 0.25) is 0 Å². The van der Waals surface area contributed by atoms with Gasteiger partial charge in [0.1, 0.15) is 11.0 Å². The molecule has 0 aliphatic carbocycles. The predicted molar refractivity (Wildman–Crippen MR) is 57.7 cm³/mol.